The number of nitrogens with two attached hydrogens (primary N) is 1. The molecule has 6 heteroatoms. The minimum atomic E-state index is -0.864. The van der Waals surface area contributed by atoms with Gasteiger partial charge in [-0.25, -0.2) is 0 Å². The van der Waals surface area contributed by atoms with Gasteiger partial charge in [0, 0.05) is 30.0 Å². The van der Waals surface area contributed by atoms with Crippen LogP contribution in [0.2, 0.25) is 0 Å². The number of benzene rings is 1. The van der Waals surface area contributed by atoms with Crippen LogP contribution in [0, 0.1) is 21.3 Å². The Morgan fingerprint density at radius 3 is 2.65 bits per heavy atom. The Labute approximate surface area is 116 Å². The first-order valence-electron chi connectivity index (χ1n) is 6.89. The summed E-state index contributed by atoms with van der Waals surface area (Å²) in [6, 6.07) is 3.83. The lowest BCUT2D eigenvalue weighted by atomic mass is 9.61. The van der Waals surface area contributed by atoms with Crippen molar-refractivity contribution in [3.05, 3.63) is 34.1 Å². The highest BCUT2D eigenvalue weighted by molar-refractivity contribution is 5.38. The zero-order valence-electron chi connectivity index (χ0n) is 11.0. The van der Waals surface area contributed by atoms with Crippen LogP contribution in [0.4, 0.5) is 10.1 Å². The van der Waals surface area contributed by atoms with Crippen LogP contribution in [0.3, 0.4) is 0 Å². The topological polar surface area (TPSA) is 78.4 Å². The second-order valence-corrected chi connectivity index (χ2v) is 5.76. The predicted octanol–water partition coefficient (Wildman–Crippen LogP) is 2.77. The molecule has 0 heterocycles. The molecule has 0 amide bonds. The third-order valence-corrected chi connectivity index (χ3v) is 4.78. The number of nitrogens with zero attached hydrogens (tertiary/aromatic N) is 1. The standard InChI is InChI=1S/C14H17FN2O3/c15-10-7-9(3-4-11(10)17(18)19)20-13-8-12(16)14(13)5-1-2-6-14/h3-4,7,12-13H,1-2,5-6,8,16H2. The molecule has 108 valence electrons. The zero-order chi connectivity index (χ0) is 14.3. The van der Waals surface area contributed by atoms with E-state index in [0.717, 1.165) is 44.2 Å². The number of rotatable bonds is 3. The number of hydrogen-bond donors (Lipinski definition) is 1. The molecule has 2 N–H and O–H groups in total. The molecule has 3 rings (SSSR count). The van der Waals surface area contributed by atoms with E-state index in [4.69, 9.17) is 10.5 Å². The third-order valence-electron chi connectivity index (χ3n) is 4.78. The molecule has 20 heavy (non-hydrogen) atoms. The van der Waals surface area contributed by atoms with Gasteiger partial charge in [0.2, 0.25) is 5.82 Å². The first-order chi connectivity index (χ1) is 9.53. The van der Waals surface area contributed by atoms with Crippen molar-refractivity contribution in [2.24, 2.45) is 11.1 Å². The van der Waals surface area contributed by atoms with E-state index in [-0.39, 0.29) is 17.6 Å². The number of halogens is 1. The molecular formula is C14H17FN2O3. The summed E-state index contributed by atoms with van der Waals surface area (Å²) in [5, 5.41) is 10.6. The van der Waals surface area contributed by atoms with Crippen LogP contribution < -0.4 is 10.5 Å². The lowest BCUT2D eigenvalue weighted by Crippen LogP contribution is -2.62. The summed E-state index contributed by atoms with van der Waals surface area (Å²) in [5.74, 6) is -0.520. The Hall–Kier alpha value is -1.69. The number of nitro groups is 1. The molecular weight excluding hydrogens is 263 g/mol. The Balaban J connectivity index is 1.76. The van der Waals surface area contributed by atoms with Gasteiger partial charge in [-0.15, -0.1) is 0 Å². The summed E-state index contributed by atoms with van der Waals surface area (Å²) in [6.07, 6.45) is 5.17. The van der Waals surface area contributed by atoms with E-state index < -0.39 is 16.4 Å². The fraction of sp³-hybridized carbons (Fsp3) is 0.571. The summed E-state index contributed by atoms with van der Waals surface area (Å²) in [7, 11) is 0. The quantitative estimate of drug-likeness (QED) is 0.682. The van der Waals surface area contributed by atoms with E-state index in [2.05, 4.69) is 0 Å². The van der Waals surface area contributed by atoms with Gasteiger partial charge < -0.3 is 10.5 Å². The predicted molar refractivity (Wildman–Crippen MR) is 71.0 cm³/mol. The average molecular weight is 280 g/mol. The first-order valence-corrected chi connectivity index (χ1v) is 6.89. The fourth-order valence-electron chi connectivity index (χ4n) is 3.54. The number of nitro benzene ring substituents is 1. The maximum atomic E-state index is 13.6. The molecule has 2 unspecified atom stereocenters. The van der Waals surface area contributed by atoms with Gasteiger partial charge in [-0.1, -0.05) is 12.8 Å². The summed E-state index contributed by atoms with van der Waals surface area (Å²) < 4.78 is 19.4. The van der Waals surface area contributed by atoms with E-state index in [1.807, 2.05) is 0 Å². The van der Waals surface area contributed by atoms with Crippen LogP contribution in [-0.4, -0.2) is 17.1 Å². The third kappa shape index (κ3) is 1.95. The monoisotopic (exact) mass is 280 g/mol. The molecule has 0 saturated heterocycles. The Morgan fingerprint density at radius 2 is 2.10 bits per heavy atom. The van der Waals surface area contributed by atoms with Crippen molar-refractivity contribution in [3.8, 4) is 5.75 Å². The highest BCUT2D eigenvalue weighted by atomic mass is 19.1. The van der Waals surface area contributed by atoms with Crippen LogP contribution in [0.25, 0.3) is 0 Å². The molecule has 1 spiro atoms. The second kappa shape index (κ2) is 4.70. The van der Waals surface area contributed by atoms with Crippen molar-refractivity contribution in [2.45, 2.75) is 44.2 Å². The van der Waals surface area contributed by atoms with Gasteiger partial charge in [-0.3, -0.25) is 10.1 Å². The van der Waals surface area contributed by atoms with Gasteiger partial charge in [0.15, 0.2) is 0 Å². The highest BCUT2D eigenvalue weighted by Gasteiger charge is 2.56. The van der Waals surface area contributed by atoms with Crippen molar-refractivity contribution in [2.75, 3.05) is 0 Å². The summed E-state index contributed by atoms with van der Waals surface area (Å²) in [5.41, 5.74) is 5.61. The number of ether oxygens (including phenoxy) is 1. The normalized spacial score (nSPS) is 27.3. The summed E-state index contributed by atoms with van der Waals surface area (Å²) in [4.78, 5) is 9.84. The van der Waals surface area contributed by atoms with E-state index in [0.29, 0.717) is 5.75 Å². The van der Waals surface area contributed by atoms with E-state index in [9.17, 15) is 14.5 Å². The Bertz CT molecular complexity index is 543. The molecule has 2 aliphatic carbocycles. The maximum Gasteiger partial charge on any atom is 0.305 e. The smallest absolute Gasteiger partial charge is 0.305 e. The fourth-order valence-corrected chi connectivity index (χ4v) is 3.54. The Kier molecular flexibility index (Phi) is 3.12. The second-order valence-electron chi connectivity index (χ2n) is 5.76. The molecule has 2 saturated carbocycles. The zero-order valence-corrected chi connectivity index (χ0v) is 11.0. The SMILES string of the molecule is NC1CC(Oc2ccc([N+](=O)[O-])c(F)c2)C12CCCC2. The van der Waals surface area contributed by atoms with Gasteiger partial charge in [0.25, 0.3) is 0 Å². The summed E-state index contributed by atoms with van der Waals surface area (Å²) in [6.45, 7) is 0. The highest BCUT2D eigenvalue weighted by Crippen LogP contribution is 2.53. The summed E-state index contributed by atoms with van der Waals surface area (Å²) >= 11 is 0. The van der Waals surface area contributed by atoms with Crippen molar-refractivity contribution in [3.63, 3.8) is 0 Å². The van der Waals surface area contributed by atoms with Crippen LogP contribution in [0.5, 0.6) is 5.75 Å². The molecule has 2 aliphatic rings. The number of hydrogen-bond acceptors (Lipinski definition) is 4. The van der Waals surface area contributed by atoms with Crippen LogP contribution in [0.15, 0.2) is 18.2 Å². The van der Waals surface area contributed by atoms with E-state index in [1.54, 1.807) is 0 Å². The van der Waals surface area contributed by atoms with Gasteiger partial charge in [0.05, 0.1) is 4.92 Å². The van der Waals surface area contributed by atoms with Crippen molar-refractivity contribution < 1.29 is 14.1 Å². The van der Waals surface area contributed by atoms with E-state index in [1.165, 1.54) is 6.07 Å². The van der Waals surface area contributed by atoms with Gasteiger partial charge in [-0.2, -0.15) is 4.39 Å². The van der Waals surface area contributed by atoms with Crippen LogP contribution in [0.1, 0.15) is 32.1 Å². The maximum absolute atomic E-state index is 13.6. The Morgan fingerprint density at radius 1 is 1.40 bits per heavy atom. The van der Waals surface area contributed by atoms with Crippen LogP contribution in [-0.2, 0) is 0 Å². The molecule has 2 fully saturated rings. The van der Waals surface area contributed by atoms with Crippen molar-refractivity contribution >= 4 is 5.69 Å². The molecule has 2 atom stereocenters. The van der Waals surface area contributed by atoms with Crippen molar-refractivity contribution in [1.29, 1.82) is 0 Å². The molecule has 0 aromatic heterocycles. The average Bonchev–Trinajstić information content (AvgIpc) is 2.90. The minimum Gasteiger partial charge on any atom is -0.490 e. The van der Waals surface area contributed by atoms with E-state index >= 15 is 0 Å². The van der Waals surface area contributed by atoms with Crippen molar-refractivity contribution in [1.82, 2.24) is 0 Å². The minimum absolute atomic E-state index is 0.000793. The molecule has 0 aliphatic heterocycles. The van der Waals surface area contributed by atoms with Gasteiger partial charge >= 0.3 is 5.69 Å². The first kappa shape index (κ1) is 13.3. The molecule has 0 bridgehead atoms. The van der Waals surface area contributed by atoms with Gasteiger partial charge in [-0.05, 0) is 18.9 Å². The lowest BCUT2D eigenvalue weighted by Gasteiger charge is -2.52. The molecule has 1 aromatic rings. The van der Waals surface area contributed by atoms with Crippen LogP contribution >= 0.6 is 0 Å². The molecule has 1 aromatic carbocycles. The molecule has 0 radical (unpaired) electrons. The lowest BCUT2D eigenvalue weighted by molar-refractivity contribution is -0.387. The largest absolute Gasteiger partial charge is 0.490 e. The molecule has 5 nitrogen and oxygen atoms in total. The van der Waals surface area contributed by atoms with Gasteiger partial charge in [0.1, 0.15) is 11.9 Å².